The Bertz CT molecular complexity index is 768. The van der Waals surface area contributed by atoms with Crippen molar-refractivity contribution < 1.29 is 23.1 Å². The zero-order valence-electron chi connectivity index (χ0n) is 15.7. The summed E-state index contributed by atoms with van der Waals surface area (Å²) in [5.74, 6) is 0.103. The second-order valence-corrected chi connectivity index (χ2v) is 9.48. The Labute approximate surface area is 161 Å². The summed E-state index contributed by atoms with van der Waals surface area (Å²) in [4.78, 5) is 12.9. The highest BCUT2D eigenvalue weighted by atomic mass is 19.4. The van der Waals surface area contributed by atoms with Crippen LogP contribution in [0.25, 0.3) is 0 Å². The predicted octanol–water partition coefficient (Wildman–Crippen LogP) is 3.69. The van der Waals surface area contributed by atoms with Gasteiger partial charge in [-0.15, -0.1) is 0 Å². The first-order valence-electron chi connectivity index (χ1n) is 10.4. The fourth-order valence-electron chi connectivity index (χ4n) is 6.68. The van der Waals surface area contributed by atoms with E-state index in [9.17, 15) is 23.1 Å². The number of carbonyl (C=O) groups is 1. The molecule has 28 heavy (non-hydrogen) atoms. The van der Waals surface area contributed by atoms with Crippen molar-refractivity contribution >= 4 is 5.91 Å². The van der Waals surface area contributed by atoms with E-state index in [4.69, 9.17) is 0 Å². The molecule has 0 radical (unpaired) electrons. The summed E-state index contributed by atoms with van der Waals surface area (Å²) in [6.45, 7) is 0. The van der Waals surface area contributed by atoms with E-state index in [0.29, 0.717) is 31.6 Å². The fourth-order valence-corrected chi connectivity index (χ4v) is 6.68. The highest BCUT2D eigenvalue weighted by Crippen LogP contribution is 2.55. The fraction of sp³-hybridized carbons (Fsp3) is 0.800. The Morgan fingerprint density at radius 2 is 1.82 bits per heavy atom. The molecule has 4 bridgehead atoms. The van der Waals surface area contributed by atoms with Gasteiger partial charge in [0.2, 0.25) is 0 Å². The normalized spacial score (nSPS) is 37.6. The number of hydrogen-bond donors (Lipinski definition) is 2. The lowest BCUT2D eigenvalue weighted by Crippen LogP contribution is -2.61. The van der Waals surface area contributed by atoms with Crippen molar-refractivity contribution in [3.05, 3.63) is 17.5 Å². The van der Waals surface area contributed by atoms with Crippen molar-refractivity contribution in [2.45, 2.75) is 81.6 Å². The first kappa shape index (κ1) is 18.5. The highest BCUT2D eigenvalue weighted by Gasteiger charge is 2.55. The van der Waals surface area contributed by atoms with Gasteiger partial charge in [0.25, 0.3) is 5.91 Å². The Kier molecular flexibility index (Phi) is 4.09. The maximum Gasteiger partial charge on any atom is 0.433 e. The topological polar surface area (TPSA) is 67.2 Å². The molecule has 5 aliphatic carbocycles. The summed E-state index contributed by atoms with van der Waals surface area (Å²) in [5, 5.41) is 17.6. The van der Waals surface area contributed by atoms with Crippen LogP contribution in [-0.4, -0.2) is 32.4 Å². The van der Waals surface area contributed by atoms with Gasteiger partial charge in [-0.2, -0.15) is 18.3 Å². The van der Waals surface area contributed by atoms with Gasteiger partial charge in [-0.05, 0) is 62.7 Å². The van der Waals surface area contributed by atoms with Crippen molar-refractivity contribution in [3.8, 4) is 0 Å². The van der Waals surface area contributed by atoms with Crippen LogP contribution >= 0.6 is 0 Å². The van der Waals surface area contributed by atoms with Gasteiger partial charge in [-0.25, -0.2) is 0 Å². The quantitative estimate of drug-likeness (QED) is 0.818. The zero-order valence-corrected chi connectivity index (χ0v) is 15.7. The largest absolute Gasteiger partial charge is 0.433 e. The molecule has 5 saturated carbocycles. The molecule has 5 fully saturated rings. The Morgan fingerprint density at radius 3 is 2.39 bits per heavy atom. The molecular weight excluding hydrogens is 371 g/mol. The number of hydrogen-bond acceptors (Lipinski definition) is 3. The molecule has 1 aromatic rings. The molecule has 154 valence electrons. The third-order valence-corrected chi connectivity index (χ3v) is 7.52. The molecule has 1 amide bonds. The van der Waals surface area contributed by atoms with Crippen molar-refractivity contribution in [3.63, 3.8) is 0 Å². The lowest BCUT2D eigenvalue weighted by Gasteiger charge is -2.58. The molecular formula is C20H26F3N3O2. The number of aromatic nitrogens is 2. The first-order chi connectivity index (χ1) is 13.2. The number of carbonyl (C=O) groups excluding carboxylic acids is 1. The van der Waals surface area contributed by atoms with Gasteiger partial charge in [0, 0.05) is 6.04 Å². The van der Waals surface area contributed by atoms with Crippen molar-refractivity contribution in [1.29, 1.82) is 0 Å². The summed E-state index contributed by atoms with van der Waals surface area (Å²) in [5.41, 5.74) is -1.92. The van der Waals surface area contributed by atoms with Crippen LogP contribution in [0.3, 0.4) is 0 Å². The average Bonchev–Trinajstić information content (AvgIpc) is 3.24. The van der Waals surface area contributed by atoms with E-state index >= 15 is 0 Å². The van der Waals surface area contributed by atoms with Crippen LogP contribution in [0.5, 0.6) is 0 Å². The van der Waals surface area contributed by atoms with Crippen LogP contribution in [0.4, 0.5) is 13.2 Å². The van der Waals surface area contributed by atoms with Crippen LogP contribution in [0.15, 0.2) is 6.20 Å². The Hall–Kier alpha value is -1.57. The third-order valence-electron chi connectivity index (χ3n) is 7.52. The summed E-state index contributed by atoms with van der Waals surface area (Å²) in [6, 6.07) is -0.436. The van der Waals surface area contributed by atoms with Crippen LogP contribution in [-0.2, 0) is 6.18 Å². The molecule has 6 rings (SSSR count). The van der Waals surface area contributed by atoms with Gasteiger partial charge in [0.15, 0.2) is 5.69 Å². The molecule has 0 saturated heterocycles. The Balaban J connectivity index is 1.40. The van der Waals surface area contributed by atoms with E-state index < -0.39 is 23.4 Å². The molecule has 8 heteroatoms. The van der Waals surface area contributed by atoms with Gasteiger partial charge in [-0.1, -0.05) is 12.8 Å². The van der Waals surface area contributed by atoms with E-state index in [0.717, 1.165) is 43.0 Å². The smallest absolute Gasteiger partial charge is 0.390 e. The SMILES string of the molecule is O=C(NC1[C@@H]2CC3C[C@H]1CC(O)(C3)C2)c1cnn(C2CCCC2)c1C(F)(F)F. The highest BCUT2D eigenvalue weighted by molar-refractivity contribution is 5.95. The van der Waals surface area contributed by atoms with E-state index in [1.54, 1.807) is 0 Å². The van der Waals surface area contributed by atoms with E-state index in [2.05, 4.69) is 10.4 Å². The van der Waals surface area contributed by atoms with Crippen LogP contribution < -0.4 is 5.32 Å². The molecule has 0 aromatic carbocycles. The molecule has 0 spiro atoms. The third kappa shape index (κ3) is 2.95. The minimum atomic E-state index is -4.62. The van der Waals surface area contributed by atoms with Crippen LogP contribution in [0.1, 0.15) is 79.9 Å². The van der Waals surface area contributed by atoms with Crippen LogP contribution in [0.2, 0.25) is 0 Å². The molecule has 2 N–H and O–H groups in total. The number of nitrogens with zero attached hydrogens (tertiary/aromatic N) is 2. The number of alkyl halides is 3. The number of nitrogens with one attached hydrogen (secondary N) is 1. The lowest BCUT2D eigenvalue weighted by molar-refractivity contribution is -0.145. The van der Waals surface area contributed by atoms with Gasteiger partial charge in [0.1, 0.15) is 0 Å². The zero-order chi connectivity index (χ0) is 19.7. The van der Waals surface area contributed by atoms with Crippen molar-refractivity contribution in [2.24, 2.45) is 17.8 Å². The van der Waals surface area contributed by atoms with Gasteiger partial charge >= 0.3 is 6.18 Å². The second-order valence-electron chi connectivity index (χ2n) is 9.48. The number of amides is 1. The number of aliphatic hydroxyl groups is 1. The molecule has 5 atom stereocenters. The average molecular weight is 397 g/mol. The number of halogens is 3. The maximum absolute atomic E-state index is 13.8. The van der Waals surface area contributed by atoms with E-state index in [-0.39, 0.29) is 29.5 Å². The minimum Gasteiger partial charge on any atom is -0.390 e. The van der Waals surface area contributed by atoms with Gasteiger partial charge in [0.05, 0.1) is 23.4 Å². The molecule has 1 heterocycles. The van der Waals surface area contributed by atoms with Crippen molar-refractivity contribution in [2.75, 3.05) is 0 Å². The van der Waals surface area contributed by atoms with Gasteiger partial charge < -0.3 is 10.4 Å². The monoisotopic (exact) mass is 397 g/mol. The summed E-state index contributed by atoms with van der Waals surface area (Å²) < 4.78 is 42.4. The summed E-state index contributed by atoms with van der Waals surface area (Å²) in [7, 11) is 0. The molecule has 3 unspecified atom stereocenters. The van der Waals surface area contributed by atoms with E-state index in [1.807, 2.05) is 0 Å². The Morgan fingerprint density at radius 1 is 1.18 bits per heavy atom. The van der Waals surface area contributed by atoms with Crippen molar-refractivity contribution in [1.82, 2.24) is 15.1 Å². The summed E-state index contributed by atoms with van der Waals surface area (Å²) >= 11 is 0. The first-order valence-corrected chi connectivity index (χ1v) is 10.4. The van der Waals surface area contributed by atoms with Gasteiger partial charge in [-0.3, -0.25) is 9.48 Å². The second kappa shape index (κ2) is 6.21. The number of rotatable bonds is 3. The standard InChI is InChI=1S/C20H26F3N3O2/c21-20(22,23)17-15(10-24-26(17)14-3-1-2-4-14)18(27)25-16-12-5-11-6-13(16)9-19(28,7-11)8-12/h10-14,16,28H,1-9H2,(H,25,27)/t11?,12-,13+,16?,19?. The molecule has 5 nitrogen and oxygen atoms in total. The minimum absolute atomic E-state index is 0.152. The summed E-state index contributed by atoms with van der Waals surface area (Å²) in [6.07, 6.45) is 3.55. The molecule has 5 aliphatic rings. The molecule has 0 aliphatic heterocycles. The predicted molar refractivity (Wildman–Crippen MR) is 94.5 cm³/mol. The van der Waals surface area contributed by atoms with Crippen LogP contribution in [0, 0.1) is 17.8 Å². The molecule has 1 aromatic heterocycles. The van der Waals surface area contributed by atoms with E-state index in [1.165, 1.54) is 0 Å². The maximum atomic E-state index is 13.8. The lowest BCUT2D eigenvalue weighted by atomic mass is 9.52.